The minimum absolute atomic E-state index is 0.0609. The molecule has 7 heteroatoms. The highest BCUT2D eigenvalue weighted by Crippen LogP contribution is 2.33. The van der Waals surface area contributed by atoms with E-state index in [0.717, 1.165) is 17.7 Å². The highest BCUT2D eigenvalue weighted by atomic mass is 32.2. The summed E-state index contributed by atoms with van der Waals surface area (Å²) in [5, 5.41) is 2.72. The van der Waals surface area contributed by atoms with Crippen molar-refractivity contribution in [2.45, 2.75) is 29.6 Å². The van der Waals surface area contributed by atoms with E-state index in [9.17, 15) is 13.2 Å². The number of sulfonamides is 1. The summed E-state index contributed by atoms with van der Waals surface area (Å²) in [4.78, 5) is 12.3. The van der Waals surface area contributed by atoms with Gasteiger partial charge in [0.05, 0.1) is 16.3 Å². The fraction of sp³-hybridized carbons (Fsp3) is 0.417. The van der Waals surface area contributed by atoms with Crippen molar-refractivity contribution in [3.8, 4) is 0 Å². The molecule has 0 fully saturated rings. The molecule has 2 rings (SSSR count). The summed E-state index contributed by atoms with van der Waals surface area (Å²) in [6.45, 7) is 2.45. The smallest absolute Gasteiger partial charge is 0.240 e. The van der Waals surface area contributed by atoms with E-state index >= 15 is 0 Å². The summed E-state index contributed by atoms with van der Waals surface area (Å²) >= 11 is 1.35. The van der Waals surface area contributed by atoms with Gasteiger partial charge in [-0.05, 0) is 24.6 Å². The van der Waals surface area contributed by atoms with Crippen LogP contribution in [0.25, 0.3) is 0 Å². The van der Waals surface area contributed by atoms with Crippen LogP contribution in [0.4, 0.5) is 5.69 Å². The van der Waals surface area contributed by atoms with Gasteiger partial charge < -0.3 is 5.32 Å². The zero-order chi connectivity index (χ0) is 13.9. The molecule has 0 spiro atoms. The molecule has 0 atom stereocenters. The molecule has 1 aromatic carbocycles. The molecule has 5 nitrogen and oxygen atoms in total. The lowest BCUT2D eigenvalue weighted by atomic mass is 10.3. The second kappa shape index (κ2) is 5.94. The Morgan fingerprint density at radius 1 is 1.42 bits per heavy atom. The first kappa shape index (κ1) is 14.4. The van der Waals surface area contributed by atoms with E-state index in [0.29, 0.717) is 18.0 Å². The van der Waals surface area contributed by atoms with Gasteiger partial charge in [0.15, 0.2) is 0 Å². The number of benzene rings is 1. The lowest BCUT2D eigenvalue weighted by Gasteiger charge is -2.17. The molecule has 1 aliphatic heterocycles. The molecule has 1 aliphatic rings. The number of anilines is 1. The third-order valence-corrected chi connectivity index (χ3v) is 5.23. The number of hydrogen-bond donors (Lipinski definition) is 2. The first-order valence-electron chi connectivity index (χ1n) is 6.09. The predicted molar refractivity (Wildman–Crippen MR) is 75.9 cm³/mol. The number of amides is 1. The zero-order valence-electron chi connectivity index (χ0n) is 10.6. The van der Waals surface area contributed by atoms with Crippen LogP contribution in [0.3, 0.4) is 0 Å². The lowest BCUT2D eigenvalue weighted by Crippen LogP contribution is -2.25. The van der Waals surface area contributed by atoms with E-state index in [2.05, 4.69) is 10.0 Å². The van der Waals surface area contributed by atoms with Crippen LogP contribution in [0.2, 0.25) is 0 Å². The second-order valence-corrected chi connectivity index (χ2v) is 7.03. The third kappa shape index (κ3) is 3.49. The number of carbonyl (C=O) groups excluding carboxylic acids is 1. The van der Waals surface area contributed by atoms with E-state index in [4.69, 9.17) is 0 Å². The fourth-order valence-corrected chi connectivity index (χ4v) is 3.71. The molecule has 104 valence electrons. The number of unbranched alkanes of at least 4 members (excludes halogenated alkanes) is 1. The molecule has 1 amide bonds. The van der Waals surface area contributed by atoms with Gasteiger partial charge in [-0.1, -0.05) is 13.3 Å². The van der Waals surface area contributed by atoms with Crippen LogP contribution in [0.1, 0.15) is 19.8 Å². The maximum atomic E-state index is 12.0. The predicted octanol–water partition coefficient (Wildman–Crippen LogP) is 1.81. The highest BCUT2D eigenvalue weighted by Gasteiger charge is 2.19. The Morgan fingerprint density at radius 2 is 2.21 bits per heavy atom. The van der Waals surface area contributed by atoms with Crippen molar-refractivity contribution in [1.82, 2.24) is 4.72 Å². The highest BCUT2D eigenvalue weighted by molar-refractivity contribution is 8.00. The summed E-state index contributed by atoms with van der Waals surface area (Å²) in [5.41, 5.74) is 0.675. The van der Waals surface area contributed by atoms with Gasteiger partial charge in [0.2, 0.25) is 15.9 Å². The SMILES string of the molecule is CCCCNS(=O)(=O)c1ccc2c(c1)SCC(=O)N2. The monoisotopic (exact) mass is 300 g/mol. The summed E-state index contributed by atoms with van der Waals surface area (Å²) < 4.78 is 26.7. The van der Waals surface area contributed by atoms with Gasteiger partial charge >= 0.3 is 0 Å². The van der Waals surface area contributed by atoms with E-state index in [1.54, 1.807) is 12.1 Å². The van der Waals surface area contributed by atoms with Crippen LogP contribution in [-0.4, -0.2) is 26.6 Å². The van der Waals surface area contributed by atoms with Crippen molar-refractivity contribution in [2.24, 2.45) is 0 Å². The molecule has 0 saturated heterocycles. The Hall–Kier alpha value is -1.05. The van der Waals surface area contributed by atoms with Gasteiger partial charge in [0, 0.05) is 11.4 Å². The van der Waals surface area contributed by atoms with Gasteiger partial charge in [0.1, 0.15) is 0 Å². The molecule has 0 saturated carbocycles. The van der Waals surface area contributed by atoms with Crippen molar-refractivity contribution in [2.75, 3.05) is 17.6 Å². The summed E-state index contributed by atoms with van der Waals surface area (Å²) in [5.74, 6) is 0.258. The quantitative estimate of drug-likeness (QED) is 0.813. The normalized spacial score (nSPS) is 14.9. The Labute approximate surface area is 117 Å². The van der Waals surface area contributed by atoms with Crippen LogP contribution in [0.15, 0.2) is 28.0 Å². The molecule has 0 aromatic heterocycles. The average Bonchev–Trinajstić information content (AvgIpc) is 2.38. The maximum absolute atomic E-state index is 12.0. The Kier molecular flexibility index (Phi) is 4.49. The van der Waals surface area contributed by atoms with Gasteiger partial charge in [-0.2, -0.15) is 0 Å². The van der Waals surface area contributed by atoms with E-state index in [1.165, 1.54) is 17.8 Å². The number of fused-ring (bicyclic) bond motifs is 1. The van der Waals surface area contributed by atoms with Crippen molar-refractivity contribution in [1.29, 1.82) is 0 Å². The van der Waals surface area contributed by atoms with Gasteiger partial charge in [-0.3, -0.25) is 4.79 Å². The van der Waals surface area contributed by atoms with Crippen LogP contribution in [-0.2, 0) is 14.8 Å². The van der Waals surface area contributed by atoms with Crippen LogP contribution >= 0.6 is 11.8 Å². The van der Waals surface area contributed by atoms with Gasteiger partial charge in [-0.25, -0.2) is 13.1 Å². The Bertz CT molecular complexity index is 585. The molecule has 0 aliphatic carbocycles. The third-order valence-electron chi connectivity index (χ3n) is 2.72. The van der Waals surface area contributed by atoms with Crippen molar-refractivity contribution >= 4 is 33.4 Å². The van der Waals surface area contributed by atoms with Gasteiger partial charge in [-0.15, -0.1) is 11.8 Å². The van der Waals surface area contributed by atoms with E-state index in [1.807, 2.05) is 6.92 Å². The standard InChI is InChI=1S/C12H16N2O3S2/c1-2-3-6-13-19(16,17)9-4-5-10-11(7-9)18-8-12(15)14-10/h4-5,7,13H,2-3,6,8H2,1H3,(H,14,15). The summed E-state index contributed by atoms with van der Waals surface area (Å²) in [6, 6.07) is 4.75. The number of rotatable bonds is 5. The van der Waals surface area contributed by atoms with Crippen LogP contribution < -0.4 is 10.0 Å². The molecule has 0 unspecified atom stereocenters. The van der Waals surface area contributed by atoms with Crippen molar-refractivity contribution in [3.63, 3.8) is 0 Å². The number of hydrogen-bond acceptors (Lipinski definition) is 4. The maximum Gasteiger partial charge on any atom is 0.240 e. The molecule has 19 heavy (non-hydrogen) atoms. The van der Waals surface area contributed by atoms with Crippen LogP contribution in [0.5, 0.6) is 0 Å². The Balaban J connectivity index is 2.20. The lowest BCUT2D eigenvalue weighted by molar-refractivity contribution is -0.113. The molecular formula is C12H16N2O3S2. The molecule has 0 bridgehead atoms. The van der Waals surface area contributed by atoms with Gasteiger partial charge in [0.25, 0.3) is 0 Å². The number of nitrogens with one attached hydrogen (secondary N) is 2. The fourth-order valence-electron chi connectivity index (χ4n) is 1.69. The first-order valence-corrected chi connectivity index (χ1v) is 8.56. The van der Waals surface area contributed by atoms with Crippen molar-refractivity contribution < 1.29 is 13.2 Å². The topological polar surface area (TPSA) is 75.3 Å². The molecule has 0 radical (unpaired) electrons. The minimum Gasteiger partial charge on any atom is -0.324 e. The first-order chi connectivity index (χ1) is 9.03. The second-order valence-electron chi connectivity index (χ2n) is 4.25. The summed E-state index contributed by atoms with van der Waals surface area (Å²) in [6.07, 6.45) is 1.75. The molecular weight excluding hydrogens is 284 g/mol. The van der Waals surface area contributed by atoms with Crippen molar-refractivity contribution in [3.05, 3.63) is 18.2 Å². The van der Waals surface area contributed by atoms with Crippen LogP contribution in [0, 0.1) is 0 Å². The molecule has 1 heterocycles. The largest absolute Gasteiger partial charge is 0.324 e. The Morgan fingerprint density at radius 3 is 2.95 bits per heavy atom. The number of carbonyl (C=O) groups is 1. The molecule has 2 N–H and O–H groups in total. The minimum atomic E-state index is -3.46. The zero-order valence-corrected chi connectivity index (χ0v) is 12.2. The summed E-state index contributed by atoms with van der Waals surface area (Å²) in [7, 11) is -3.46. The van der Waals surface area contributed by atoms with E-state index in [-0.39, 0.29) is 10.8 Å². The van der Waals surface area contributed by atoms with E-state index < -0.39 is 10.0 Å². The molecule has 1 aromatic rings. The number of thioether (sulfide) groups is 1. The average molecular weight is 300 g/mol.